The molecule has 174 valence electrons. The van der Waals surface area contributed by atoms with Gasteiger partial charge in [0.25, 0.3) is 0 Å². The number of rotatable bonds is 6. The Bertz CT molecular complexity index is 1320. The third kappa shape index (κ3) is 4.24. The van der Waals surface area contributed by atoms with E-state index in [0.717, 1.165) is 6.20 Å². The van der Waals surface area contributed by atoms with Gasteiger partial charge in [0.05, 0.1) is 24.4 Å². The molecule has 1 saturated heterocycles. The summed E-state index contributed by atoms with van der Waals surface area (Å²) < 4.78 is 35.5. The van der Waals surface area contributed by atoms with Gasteiger partial charge in [0.2, 0.25) is 5.91 Å². The highest BCUT2D eigenvalue weighted by molar-refractivity contribution is 5.77. The van der Waals surface area contributed by atoms with Crippen LogP contribution in [0.5, 0.6) is 0 Å². The van der Waals surface area contributed by atoms with Crippen molar-refractivity contribution >= 4 is 11.7 Å². The van der Waals surface area contributed by atoms with Gasteiger partial charge >= 0.3 is 0 Å². The molecule has 1 unspecified atom stereocenters. The highest BCUT2D eigenvalue weighted by atomic mass is 19.1. The third-order valence-electron chi connectivity index (χ3n) is 5.84. The smallest absolute Gasteiger partial charge is 0.222 e. The zero-order chi connectivity index (χ0) is 23.7. The van der Waals surface area contributed by atoms with Gasteiger partial charge in [0.1, 0.15) is 23.5 Å². The van der Waals surface area contributed by atoms with Crippen molar-refractivity contribution < 1.29 is 18.1 Å². The molecular formula is C23H21F2N7O2. The lowest BCUT2D eigenvalue weighted by atomic mass is 9.97. The summed E-state index contributed by atoms with van der Waals surface area (Å²) in [4.78, 5) is 21.9. The van der Waals surface area contributed by atoms with E-state index in [1.165, 1.54) is 12.3 Å². The van der Waals surface area contributed by atoms with E-state index in [1.54, 1.807) is 39.9 Å². The summed E-state index contributed by atoms with van der Waals surface area (Å²) in [7, 11) is 0. The Kier molecular flexibility index (Phi) is 5.74. The molecule has 0 spiro atoms. The maximum Gasteiger partial charge on any atom is 0.222 e. The van der Waals surface area contributed by atoms with Crippen LogP contribution in [0.4, 0.5) is 14.6 Å². The van der Waals surface area contributed by atoms with Crippen molar-refractivity contribution in [3.63, 3.8) is 0 Å². The topological polar surface area (TPSA) is 116 Å². The Morgan fingerprint density at radius 2 is 2.03 bits per heavy atom. The summed E-state index contributed by atoms with van der Waals surface area (Å²) in [5, 5.41) is 8.53. The largest absolute Gasteiger partial charge is 0.369 e. The molecule has 0 radical (unpaired) electrons. The minimum Gasteiger partial charge on any atom is -0.369 e. The lowest BCUT2D eigenvalue weighted by Gasteiger charge is -2.32. The van der Waals surface area contributed by atoms with E-state index in [9.17, 15) is 13.6 Å². The second-order valence-electron chi connectivity index (χ2n) is 8.10. The van der Waals surface area contributed by atoms with Crippen LogP contribution in [0.3, 0.4) is 0 Å². The number of anilines is 1. The Hall–Kier alpha value is -4.15. The van der Waals surface area contributed by atoms with E-state index < -0.39 is 11.7 Å². The van der Waals surface area contributed by atoms with E-state index in [4.69, 9.17) is 10.3 Å². The maximum absolute atomic E-state index is 14.7. The Balaban J connectivity index is 1.52. The number of halogens is 2. The standard InChI is InChI=1S/C23H21F2N7O2/c24-16-6-2-1-4-14(16)13-32-20(18-7-9-34-30-18)10-19(29-32)22-27-11-17(25)23(28-22)31-8-3-5-15(12-31)21(26)33/h1-2,4,6-7,9-11,15H,3,5,8,12-13H2,(H2,26,33). The molecular weight excluding hydrogens is 444 g/mol. The van der Waals surface area contributed by atoms with Crippen LogP contribution in [0.1, 0.15) is 18.4 Å². The summed E-state index contributed by atoms with van der Waals surface area (Å²) in [6, 6.07) is 9.75. The monoisotopic (exact) mass is 465 g/mol. The molecule has 0 saturated carbocycles. The van der Waals surface area contributed by atoms with Gasteiger partial charge in [-0.1, -0.05) is 23.4 Å². The van der Waals surface area contributed by atoms with Crippen molar-refractivity contribution in [3.8, 4) is 22.9 Å². The van der Waals surface area contributed by atoms with Gasteiger partial charge in [0, 0.05) is 24.7 Å². The predicted molar refractivity (Wildman–Crippen MR) is 118 cm³/mol. The number of amides is 1. The highest BCUT2D eigenvalue weighted by Crippen LogP contribution is 2.28. The highest BCUT2D eigenvalue weighted by Gasteiger charge is 2.27. The molecule has 5 rings (SSSR count). The molecule has 11 heteroatoms. The molecule has 1 aromatic carbocycles. The number of nitrogens with two attached hydrogens (primary N) is 1. The number of primary amides is 1. The lowest BCUT2D eigenvalue weighted by Crippen LogP contribution is -2.42. The molecule has 9 nitrogen and oxygen atoms in total. The number of carbonyl (C=O) groups is 1. The number of aromatic nitrogens is 5. The fourth-order valence-corrected chi connectivity index (χ4v) is 4.09. The van der Waals surface area contributed by atoms with E-state index in [2.05, 4.69) is 20.2 Å². The molecule has 2 N–H and O–H groups in total. The van der Waals surface area contributed by atoms with Crippen molar-refractivity contribution in [2.24, 2.45) is 11.7 Å². The minimum absolute atomic E-state index is 0.0857. The summed E-state index contributed by atoms with van der Waals surface area (Å²) >= 11 is 0. The quantitative estimate of drug-likeness (QED) is 0.465. The second-order valence-corrected chi connectivity index (χ2v) is 8.10. The minimum atomic E-state index is -0.601. The van der Waals surface area contributed by atoms with Crippen LogP contribution < -0.4 is 10.6 Å². The van der Waals surface area contributed by atoms with Crippen LogP contribution in [-0.4, -0.2) is 43.9 Å². The average Bonchev–Trinajstić information content (AvgIpc) is 3.51. The number of hydrogen-bond acceptors (Lipinski definition) is 7. The fraction of sp³-hybridized carbons (Fsp3) is 0.261. The molecule has 1 fully saturated rings. The Morgan fingerprint density at radius 1 is 1.18 bits per heavy atom. The molecule has 0 aliphatic carbocycles. The van der Waals surface area contributed by atoms with Gasteiger partial charge in [-0.15, -0.1) is 0 Å². The van der Waals surface area contributed by atoms with Crippen LogP contribution in [0, 0.1) is 17.6 Å². The molecule has 1 aliphatic rings. The fourth-order valence-electron chi connectivity index (χ4n) is 4.09. The molecule has 4 heterocycles. The maximum atomic E-state index is 14.7. The molecule has 34 heavy (non-hydrogen) atoms. The van der Waals surface area contributed by atoms with Gasteiger partial charge < -0.3 is 15.2 Å². The second kappa shape index (κ2) is 9.00. The van der Waals surface area contributed by atoms with Gasteiger partial charge in [-0.3, -0.25) is 9.48 Å². The van der Waals surface area contributed by atoms with Crippen LogP contribution >= 0.6 is 0 Å². The van der Waals surface area contributed by atoms with Crippen LogP contribution in [0.15, 0.2) is 53.4 Å². The van der Waals surface area contributed by atoms with Gasteiger partial charge in [-0.05, 0) is 25.0 Å². The number of benzene rings is 1. The first-order chi connectivity index (χ1) is 16.5. The third-order valence-corrected chi connectivity index (χ3v) is 5.84. The van der Waals surface area contributed by atoms with E-state index in [1.807, 2.05) is 0 Å². The first kappa shape index (κ1) is 21.7. The van der Waals surface area contributed by atoms with Crippen molar-refractivity contribution in [1.82, 2.24) is 24.9 Å². The van der Waals surface area contributed by atoms with E-state index in [-0.39, 0.29) is 36.5 Å². The zero-order valence-corrected chi connectivity index (χ0v) is 18.1. The van der Waals surface area contributed by atoms with Gasteiger partial charge in [-0.2, -0.15) is 5.10 Å². The van der Waals surface area contributed by atoms with E-state index >= 15 is 0 Å². The van der Waals surface area contributed by atoms with Crippen molar-refractivity contribution in [2.45, 2.75) is 19.4 Å². The molecule has 3 aromatic heterocycles. The lowest BCUT2D eigenvalue weighted by molar-refractivity contribution is -0.122. The normalized spacial score (nSPS) is 16.1. The first-order valence-corrected chi connectivity index (χ1v) is 10.8. The Labute approximate surface area is 193 Å². The number of carbonyl (C=O) groups excluding carboxylic acids is 1. The van der Waals surface area contributed by atoms with Crippen LogP contribution in [0.2, 0.25) is 0 Å². The molecule has 1 aliphatic heterocycles. The van der Waals surface area contributed by atoms with E-state index in [0.29, 0.717) is 42.0 Å². The van der Waals surface area contributed by atoms with Crippen molar-refractivity contribution in [1.29, 1.82) is 0 Å². The first-order valence-electron chi connectivity index (χ1n) is 10.8. The zero-order valence-electron chi connectivity index (χ0n) is 18.1. The van der Waals surface area contributed by atoms with Gasteiger partial charge in [0.15, 0.2) is 17.5 Å². The van der Waals surface area contributed by atoms with Crippen LogP contribution in [0.25, 0.3) is 22.9 Å². The van der Waals surface area contributed by atoms with Crippen LogP contribution in [-0.2, 0) is 11.3 Å². The summed E-state index contributed by atoms with van der Waals surface area (Å²) in [5.41, 5.74) is 7.32. The number of piperidine rings is 1. The molecule has 0 bridgehead atoms. The van der Waals surface area contributed by atoms with Gasteiger partial charge in [-0.25, -0.2) is 18.7 Å². The molecule has 1 amide bonds. The number of nitrogens with zero attached hydrogens (tertiary/aromatic N) is 6. The summed E-state index contributed by atoms with van der Waals surface area (Å²) in [6.45, 7) is 0.965. The summed E-state index contributed by atoms with van der Waals surface area (Å²) in [6.07, 6.45) is 3.86. The molecule has 4 aromatic rings. The average molecular weight is 465 g/mol. The summed E-state index contributed by atoms with van der Waals surface area (Å²) in [5.74, 6) is -1.47. The van der Waals surface area contributed by atoms with Crippen molar-refractivity contribution in [2.75, 3.05) is 18.0 Å². The predicted octanol–water partition coefficient (Wildman–Crippen LogP) is 3.02. The number of hydrogen-bond donors (Lipinski definition) is 1. The Morgan fingerprint density at radius 3 is 2.79 bits per heavy atom. The molecule has 1 atom stereocenters. The van der Waals surface area contributed by atoms with Crippen molar-refractivity contribution in [3.05, 3.63) is 66.1 Å². The SMILES string of the molecule is NC(=O)C1CCCN(c2nc(-c3cc(-c4ccon4)n(Cc4ccccc4F)n3)ncc2F)C1.